The van der Waals surface area contributed by atoms with Crippen LogP contribution in [0.3, 0.4) is 0 Å². The van der Waals surface area contributed by atoms with Crippen LogP contribution in [0.5, 0.6) is 0 Å². The minimum atomic E-state index is 0.345. The zero-order chi connectivity index (χ0) is 18.9. The average molecular weight is 386 g/mol. The molecule has 0 saturated heterocycles. The number of hydrogen-bond donors (Lipinski definition) is 2. The first-order valence-corrected chi connectivity index (χ1v) is 11.4. The van der Waals surface area contributed by atoms with Crippen LogP contribution in [0.15, 0.2) is 28.7 Å². The smallest absolute Gasteiger partial charge is 0.0254 e. The van der Waals surface area contributed by atoms with Gasteiger partial charge in [-0.3, -0.25) is 0 Å². The maximum atomic E-state index is 4.61. The number of nitrogens with one attached hydrogen (secondary N) is 2. The Kier molecular flexibility index (Phi) is 17.0. The number of rotatable bonds is 16. The number of hydrogen-bond acceptors (Lipinski definition) is 5. The topological polar surface area (TPSA) is 36.4 Å². The van der Waals surface area contributed by atoms with Crippen molar-refractivity contribution in [3.63, 3.8) is 0 Å². The van der Waals surface area contributed by atoms with E-state index < -0.39 is 0 Å². The Morgan fingerprint density at radius 3 is 2.72 bits per heavy atom. The van der Waals surface area contributed by atoms with Gasteiger partial charge in [-0.25, -0.2) is 4.40 Å². The van der Waals surface area contributed by atoms with Crippen LogP contribution in [-0.2, 0) is 0 Å². The second-order valence-electron chi connectivity index (χ2n) is 6.70. The van der Waals surface area contributed by atoms with E-state index in [-0.39, 0.29) is 0 Å². The highest BCUT2D eigenvalue weighted by molar-refractivity contribution is 7.99. The molecule has 0 radical (unpaired) electrons. The van der Waals surface area contributed by atoms with Crippen LogP contribution >= 0.6 is 23.7 Å². The summed E-state index contributed by atoms with van der Waals surface area (Å²) in [5, 5.41) is 7.40. The fraction of sp³-hybridized carbons (Fsp3) is 0.750. The van der Waals surface area contributed by atoms with Crippen molar-refractivity contribution in [1.29, 1.82) is 0 Å². The molecule has 0 spiro atoms. The number of likely N-dealkylation sites (N-methyl/N-ethyl adjacent to an activating group) is 1. The molecule has 0 aliphatic carbocycles. The van der Waals surface area contributed by atoms with Crippen LogP contribution in [0.4, 0.5) is 0 Å². The number of allylic oxidation sites excluding steroid dienone is 1. The molecule has 5 heteroatoms. The lowest BCUT2D eigenvalue weighted by Gasteiger charge is -2.16. The minimum Gasteiger partial charge on any atom is -0.316 e. The second kappa shape index (κ2) is 17.2. The minimum absolute atomic E-state index is 0.345. The molecule has 0 rings (SSSR count). The summed E-state index contributed by atoms with van der Waals surface area (Å²) in [5.74, 6) is 2.65. The van der Waals surface area contributed by atoms with Crippen LogP contribution in [-0.4, -0.2) is 49.1 Å². The third-order valence-electron chi connectivity index (χ3n) is 3.64. The van der Waals surface area contributed by atoms with Gasteiger partial charge in [0.05, 0.1) is 0 Å². The second-order valence-corrected chi connectivity index (χ2v) is 9.08. The molecule has 0 bridgehead atoms. The van der Waals surface area contributed by atoms with Gasteiger partial charge in [-0.1, -0.05) is 38.0 Å². The van der Waals surface area contributed by atoms with E-state index in [0.29, 0.717) is 17.2 Å². The van der Waals surface area contributed by atoms with Crippen molar-refractivity contribution in [1.82, 2.24) is 10.6 Å². The molecule has 0 aromatic rings. The summed E-state index contributed by atoms with van der Waals surface area (Å²) in [4.78, 5) is 0. The van der Waals surface area contributed by atoms with Crippen LogP contribution in [0.2, 0.25) is 0 Å². The molecule has 3 nitrogen and oxygen atoms in total. The van der Waals surface area contributed by atoms with Crippen molar-refractivity contribution in [2.75, 3.05) is 31.6 Å². The normalized spacial score (nSPS) is 15.7. The van der Waals surface area contributed by atoms with Crippen molar-refractivity contribution in [3.05, 3.63) is 24.3 Å². The van der Waals surface area contributed by atoms with Crippen LogP contribution in [0.25, 0.3) is 0 Å². The molecule has 0 aliphatic rings. The molecule has 0 aromatic carbocycles. The summed E-state index contributed by atoms with van der Waals surface area (Å²) in [6.07, 6.45) is 10.1. The summed E-state index contributed by atoms with van der Waals surface area (Å²) < 4.78 is 4.61. The first-order valence-electron chi connectivity index (χ1n) is 9.45. The Hall–Kier alpha value is -0.230. The van der Waals surface area contributed by atoms with Gasteiger partial charge in [0, 0.05) is 42.3 Å². The summed E-state index contributed by atoms with van der Waals surface area (Å²) in [6, 6.07) is 0.510. The largest absolute Gasteiger partial charge is 0.316 e. The fourth-order valence-electron chi connectivity index (χ4n) is 2.11. The van der Waals surface area contributed by atoms with E-state index in [4.69, 9.17) is 0 Å². The Labute approximate surface area is 165 Å². The van der Waals surface area contributed by atoms with E-state index in [1.807, 2.05) is 18.8 Å². The van der Waals surface area contributed by atoms with Gasteiger partial charge in [-0.05, 0) is 51.4 Å². The van der Waals surface area contributed by atoms with E-state index in [0.717, 1.165) is 25.3 Å². The summed E-state index contributed by atoms with van der Waals surface area (Å²) >= 11 is 3.70. The summed E-state index contributed by atoms with van der Waals surface area (Å²) in [7, 11) is 1.97. The van der Waals surface area contributed by atoms with Crippen molar-refractivity contribution in [3.8, 4) is 0 Å². The highest BCUT2D eigenvalue weighted by Gasteiger charge is 2.07. The van der Waals surface area contributed by atoms with Gasteiger partial charge in [0.2, 0.25) is 0 Å². The molecule has 0 heterocycles. The Balaban J connectivity index is 4.24. The molecule has 2 N–H and O–H groups in total. The Morgan fingerprint density at radius 1 is 1.32 bits per heavy atom. The zero-order valence-corrected chi connectivity index (χ0v) is 18.5. The lowest BCUT2D eigenvalue weighted by Crippen LogP contribution is -2.33. The van der Waals surface area contributed by atoms with Crippen molar-refractivity contribution in [2.24, 2.45) is 10.3 Å². The molecule has 0 aromatic heterocycles. The lowest BCUT2D eigenvalue weighted by molar-refractivity contribution is 0.575. The van der Waals surface area contributed by atoms with Gasteiger partial charge in [0.25, 0.3) is 0 Å². The lowest BCUT2D eigenvalue weighted by atomic mass is 10.1. The predicted octanol–water partition coefficient (Wildman–Crippen LogP) is 4.96. The van der Waals surface area contributed by atoms with Gasteiger partial charge in [-0.2, -0.15) is 11.8 Å². The quantitative estimate of drug-likeness (QED) is 0.170. The average Bonchev–Trinajstić information content (AvgIpc) is 2.56. The maximum absolute atomic E-state index is 4.61. The molecule has 3 unspecified atom stereocenters. The highest BCUT2D eigenvalue weighted by atomic mass is 32.2. The molecule has 0 amide bonds. The highest BCUT2D eigenvalue weighted by Crippen LogP contribution is 2.16. The third kappa shape index (κ3) is 17.0. The number of thioether (sulfide) groups is 1. The molecular formula is C20H39N3S2. The monoisotopic (exact) mass is 385 g/mol. The van der Waals surface area contributed by atoms with E-state index in [9.17, 15) is 0 Å². The van der Waals surface area contributed by atoms with Gasteiger partial charge < -0.3 is 10.6 Å². The standard InChI is InChI=1S/C20H39N3S2/c1-7-9-19(5)25-23-15-20(10-8-12-21-6)14-22-18(4)16-24-13-11-17(2)3/h8,10,15,18-22H,2,7,9,11-14,16H2,1,3-6H3/b10-8-,23-15-. The first kappa shape index (κ1) is 24.8. The maximum Gasteiger partial charge on any atom is 0.0254 e. The Morgan fingerprint density at radius 2 is 2.08 bits per heavy atom. The molecule has 146 valence electrons. The summed E-state index contributed by atoms with van der Waals surface area (Å²) in [6.45, 7) is 14.6. The van der Waals surface area contributed by atoms with Gasteiger partial charge in [0.1, 0.15) is 0 Å². The first-order chi connectivity index (χ1) is 12.0. The van der Waals surface area contributed by atoms with Gasteiger partial charge in [-0.15, -0.1) is 6.58 Å². The molecule has 0 saturated carbocycles. The Bertz CT molecular complexity index is 383. The van der Waals surface area contributed by atoms with E-state index in [1.165, 1.54) is 24.2 Å². The third-order valence-corrected chi connectivity index (χ3v) is 5.70. The van der Waals surface area contributed by atoms with E-state index >= 15 is 0 Å². The van der Waals surface area contributed by atoms with Crippen LogP contribution < -0.4 is 10.6 Å². The molecular weight excluding hydrogens is 346 g/mol. The summed E-state index contributed by atoms with van der Waals surface area (Å²) in [5.41, 5.74) is 1.27. The number of nitrogens with zero attached hydrogens (tertiary/aromatic N) is 1. The van der Waals surface area contributed by atoms with Crippen LogP contribution in [0, 0.1) is 5.92 Å². The van der Waals surface area contributed by atoms with Gasteiger partial charge >= 0.3 is 0 Å². The van der Waals surface area contributed by atoms with Crippen LogP contribution in [0.1, 0.15) is 47.0 Å². The molecule has 3 atom stereocenters. The fourth-order valence-corrected chi connectivity index (χ4v) is 4.02. The van der Waals surface area contributed by atoms with E-state index in [2.05, 4.69) is 67.7 Å². The molecule has 0 aliphatic heterocycles. The van der Waals surface area contributed by atoms with Crippen molar-refractivity contribution >= 4 is 29.9 Å². The molecule has 25 heavy (non-hydrogen) atoms. The SMILES string of the molecule is C=C(C)CCSCC(C)NCC(/C=C\CNC)/C=N\SC(C)CCC. The van der Waals surface area contributed by atoms with Crippen molar-refractivity contribution in [2.45, 2.75) is 58.2 Å². The predicted molar refractivity (Wildman–Crippen MR) is 121 cm³/mol. The molecule has 0 fully saturated rings. The van der Waals surface area contributed by atoms with E-state index in [1.54, 1.807) is 11.9 Å². The zero-order valence-electron chi connectivity index (χ0n) is 16.9. The van der Waals surface area contributed by atoms with Gasteiger partial charge in [0.15, 0.2) is 0 Å². The van der Waals surface area contributed by atoms with Crippen molar-refractivity contribution < 1.29 is 0 Å².